The highest BCUT2D eigenvalue weighted by Crippen LogP contribution is 2.02. The summed E-state index contributed by atoms with van der Waals surface area (Å²) in [6.07, 6.45) is 6.02. The molecule has 3 nitrogen and oxygen atoms in total. The molecule has 0 radical (unpaired) electrons. The Morgan fingerprint density at radius 1 is 1.67 bits per heavy atom. The Balaban J connectivity index is 2.03. The van der Waals surface area contributed by atoms with E-state index in [0.29, 0.717) is 0 Å². The first-order chi connectivity index (χ1) is 5.93. The molecule has 0 unspecified atom stereocenters. The van der Waals surface area contributed by atoms with Crippen LogP contribution in [0, 0.1) is 0 Å². The molecule has 68 valence electrons. The summed E-state index contributed by atoms with van der Waals surface area (Å²) in [6, 6.07) is 0. The predicted molar refractivity (Wildman–Crippen MR) is 50.3 cm³/mol. The zero-order valence-corrected chi connectivity index (χ0v) is 7.55. The Kier molecular flexibility index (Phi) is 4.46. The second-order valence-electron chi connectivity index (χ2n) is 2.67. The van der Waals surface area contributed by atoms with Crippen LogP contribution >= 0.6 is 0 Å². The van der Waals surface area contributed by atoms with Crippen molar-refractivity contribution in [3.8, 4) is 0 Å². The summed E-state index contributed by atoms with van der Waals surface area (Å²) in [5.41, 5.74) is 1.27. The number of allylic oxidation sites excluding steroid dienone is 1. The molecule has 1 heterocycles. The van der Waals surface area contributed by atoms with E-state index < -0.39 is 0 Å². The van der Waals surface area contributed by atoms with Gasteiger partial charge in [-0.2, -0.15) is 0 Å². The van der Waals surface area contributed by atoms with Crippen LogP contribution in [0.25, 0.3) is 0 Å². The summed E-state index contributed by atoms with van der Waals surface area (Å²) >= 11 is 0. The van der Waals surface area contributed by atoms with E-state index in [-0.39, 0.29) is 0 Å². The molecule has 0 aromatic rings. The van der Waals surface area contributed by atoms with E-state index >= 15 is 0 Å². The number of aliphatic imine (C=N–C) groups is 1. The molecular formula is C9H16N2O. The lowest BCUT2D eigenvalue weighted by Gasteiger charge is -2.09. The van der Waals surface area contributed by atoms with E-state index in [2.05, 4.69) is 16.4 Å². The third-order valence-electron chi connectivity index (χ3n) is 1.72. The van der Waals surface area contributed by atoms with Gasteiger partial charge in [-0.15, -0.1) is 0 Å². The fraction of sp³-hybridized carbons (Fsp3) is 0.667. The van der Waals surface area contributed by atoms with Crippen LogP contribution in [-0.2, 0) is 4.74 Å². The van der Waals surface area contributed by atoms with Crippen molar-refractivity contribution in [1.29, 1.82) is 0 Å². The molecule has 1 aliphatic heterocycles. The number of hydrogen-bond acceptors (Lipinski definition) is 3. The van der Waals surface area contributed by atoms with Gasteiger partial charge in [-0.1, -0.05) is 0 Å². The van der Waals surface area contributed by atoms with Crippen molar-refractivity contribution in [3.63, 3.8) is 0 Å². The minimum Gasteiger partial charge on any atom is -0.382 e. The zero-order valence-electron chi connectivity index (χ0n) is 7.55. The lowest BCUT2D eigenvalue weighted by atomic mass is 10.2. The van der Waals surface area contributed by atoms with Crippen LogP contribution in [-0.4, -0.2) is 26.1 Å². The van der Waals surface area contributed by atoms with Gasteiger partial charge in [-0.25, -0.2) is 0 Å². The molecule has 0 fully saturated rings. The van der Waals surface area contributed by atoms with Gasteiger partial charge in [0.1, 0.15) is 0 Å². The lowest BCUT2D eigenvalue weighted by Crippen LogP contribution is -2.15. The summed E-state index contributed by atoms with van der Waals surface area (Å²) in [5, 5.41) is 3.11. The summed E-state index contributed by atoms with van der Waals surface area (Å²) in [7, 11) is 0. The molecule has 1 rings (SSSR count). The van der Waals surface area contributed by atoms with Crippen molar-refractivity contribution in [2.45, 2.75) is 19.8 Å². The van der Waals surface area contributed by atoms with E-state index in [1.54, 1.807) is 6.34 Å². The molecular weight excluding hydrogens is 152 g/mol. The van der Waals surface area contributed by atoms with Crippen molar-refractivity contribution >= 4 is 6.34 Å². The van der Waals surface area contributed by atoms with E-state index in [1.807, 2.05) is 6.92 Å². The summed E-state index contributed by atoms with van der Waals surface area (Å²) in [6.45, 7) is 4.50. The van der Waals surface area contributed by atoms with Crippen LogP contribution in [0.2, 0.25) is 0 Å². The topological polar surface area (TPSA) is 33.6 Å². The van der Waals surface area contributed by atoms with Gasteiger partial charge in [-0.3, -0.25) is 4.99 Å². The van der Waals surface area contributed by atoms with Crippen LogP contribution in [0.1, 0.15) is 19.8 Å². The largest absolute Gasteiger partial charge is 0.382 e. The molecule has 0 amide bonds. The van der Waals surface area contributed by atoms with Gasteiger partial charge >= 0.3 is 0 Å². The maximum Gasteiger partial charge on any atom is 0.0869 e. The van der Waals surface area contributed by atoms with Crippen molar-refractivity contribution in [3.05, 3.63) is 11.8 Å². The van der Waals surface area contributed by atoms with Gasteiger partial charge in [0.05, 0.1) is 12.9 Å². The van der Waals surface area contributed by atoms with Crippen LogP contribution in [0.5, 0.6) is 0 Å². The first-order valence-electron chi connectivity index (χ1n) is 4.45. The predicted octanol–water partition coefficient (Wildman–Crippen LogP) is 1.32. The molecule has 0 saturated heterocycles. The molecule has 0 aromatic carbocycles. The van der Waals surface area contributed by atoms with Gasteiger partial charge in [0, 0.05) is 18.9 Å². The van der Waals surface area contributed by atoms with Crippen LogP contribution in [0.4, 0.5) is 0 Å². The summed E-state index contributed by atoms with van der Waals surface area (Å²) < 4.78 is 5.24. The SMILES string of the molecule is CCOCCCC1=CCN=CN1. The number of ether oxygens (including phenoxy) is 1. The standard InChI is InChI=1S/C9H16N2O/c1-2-12-7-3-4-9-5-6-10-8-11-9/h5,8H,2-4,6-7H2,1H3,(H,10,11). The highest BCUT2D eigenvalue weighted by Gasteiger charge is 1.97. The van der Waals surface area contributed by atoms with Crippen LogP contribution in [0.15, 0.2) is 16.8 Å². The Hall–Kier alpha value is -0.830. The maximum absolute atomic E-state index is 5.24. The first kappa shape index (κ1) is 9.26. The Bertz CT molecular complexity index is 175. The summed E-state index contributed by atoms with van der Waals surface area (Å²) in [5.74, 6) is 0. The third-order valence-corrected chi connectivity index (χ3v) is 1.72. The number of rotatable bonds is 5. The van der Waals surface area contributed by atoms with E-state index in [0.717, 1.165) is 32.6 Å². The van der Waals surface area contributed by atoms with Crippen molar-refractivity contribution in [2.75, 3.05) is 19.8 Å². The van der Waals surface area contributed by atoms with E-state index in [9.17, 15) is 0 Å². The second kappa shape index (κ2) is 5.77. The Morgan fingerprint density at radius 2 is 2.58 bits per heavy atom. The Morgan fingerprint density at radius 3 is 3.25 bits per heavy atom. The fourth-order valence-corrected chi connectivity index (χ4v) is 1.09. The van der Waals surface area contributed by atoms with Crippen molar-refractivity contribution in [2.24, 2.45) is 4.99 Å². The molecule has 0 aliphatic carbocycles. The van der Waals surface area contributed by atoms with Crippen LogP contribution in [0.3, 0.4) is 0 Å². The third kappa shape index (κ3) is 3.53. The molecule has 12 heavy (non-hydrogen) atoms. The van der Waals surface area contributed by atoms with Crippen LogP contribution < -0.4 is 5.32 Å². The molecule has 0 spiro atoms. The second-order valence-corrected chi connectivity index (χ2v) is 2.67. The average Bonchev–Trinajstić information content (AvgIpc) is 2.14. The normalized spacial score (nSPS) is 15.6. The van der Waals surface area contributed by atoms with Crippen molar-refractivity contribution in [1.82, 2.24) is 5.32 Å². The number of nitrogens with one attached hydrogen (secondary N) is 1. The average molecular weight is 168 g/mol. The smallest absolute Gasteiger partial charge is 0.0869 e. The minimum atomic E-state index is 0.813. The zero-order chi connectivity index (χ0) is 8.65. The van der Waals surface area contributed by atoms with Gasteiger partial charge in [0.25, 0.3) is 0 Å². The Labute approximate surface area is 73.5 Å². The molecule has 1 N–H and O–H groups in total. The molecule has 1 aliphatic rings. The van der Waals surface area contributed by atoms with Gasteiger partial charge in [0.15, 0.2) is 0 Å². The quantitative estimate of drug-likeness (QED) is 0.628. The number of nitrogens with zero attached hydrogens (tertiary/aromatic N) is 1. The molecule has 0 atom stereocenters. The van der Waals surface area contributed by atoms with Crippen molar-refractivity contribution < 1.29 is 4.74 Å². The first-order valence-corrected chi connectivity index (χ1v) is 4.45. The van der Waals surface area contributed by atoms with Gasteiger partial charge in [0.2, 0.25) is 0 Å². The van der Waals surface area contributed by atoms with Gasteiger partial charge in [-0.05, 0) is 25.8 Å². The monoisotopic (exact) mass is 168 g/mol. The highest BCUT2D eigenvalue weighted by molar-refractivity contribution is 5.58. The number of hydrogen-bond donors (Lipinski definition) is 1. The van der Waals surface area contributed by atoms with E-state index in [1.165, 1.54) is 5.70 Å². The lowest BCUT2D eigenvalue weighted by molar-refractivity contribution is 0.145. The fourth-order valence-electron chi connectivity index (χ4n) is 1.09. The maximum atomic E-state index is 5.24. The molecule has 0 aromatic heterocycles. The molecule has 0 saturated carbocycles. The minimum absolute atomic E-state index is 0.813. The molecule has 0 bridgehead atoms. The molecule has 3 heteroatoms. The summed E-state index contributed by atoms with van der Waals surface area (Å²) in [4.78, 5) is 4.03. The van der Waals surface area contributed by atoms with Gasteiger partial charge < -0.3 is 10.1 Å². The van der Waals surface area contributed by atoms with E-state index in [4.69, 9.17) is 4.74 Å². The highest BCUT2D eigenvalue weighted by atomic mass is 16.5.